The van der Waals surface area contributed by atoms with Crippen LogP contribution in [0.3, 0.4) is 0 Å². The maximum absolute atomic E-state index is 11.8. The van der Waals surface area contributed by atoms with Gasteiger partial charge >= 0.3 is 0 Å². The number of sulfone groups is 1. The van der Waals surface area contributed by atoms with Crippen molar-refractivity contribution < 1.29 is 8.42 Å². The summed E-state index contributed by atoms with van der Waals surface area (Å²) in [6.07, 6.45) is 0. The molecule has 1 unspecified atom stereocenters. The lowest BCUT2D eigenvalue weighted by atomic mass is 10.0. The Labute approximate surface area is 97.0 Å². The molecular formula is C10H10BrNO2S. The van der Waals surface area contributed by atoms with Crippen molar-refractivity contribution in [3.8, 4) is 0 Å². The van der Waals surface area contributed by atoms with E-state index in [1.54, 1.807) is 25.1 Å². The van der Waals surface area contributed by atoms with Crippen molar-refractivity contribution in [3.05, 3.63) is 33.6 Å². The zero-order chi connectivity index (χ0) is 11.2. The first-order valence-corrected chi connectivity index (χ1v) is 6.78. The SMILES string of the molecule is CC(N)C1=CS(=O)(=O)c2c(Br)cccc21. The van der Waals surface area contributed by atoms with Gasteiger partial charge in [0.15, 0.2) is 0 Å². The Kier molecular flexibility index (Phi) is 2.48. The van der Waals surface area contributed by atoms with Crippen molar-refractivity contribution in [3.63, 3.8) is 0 Å². The van der Waals surface area contributed by atoms with E-state index in [9.17, 15) is 8.42 Å². The van der Waals surface area contributed by atoms with Crippen LogP contribution in [-0.4, -0.2) is 14.5 Å². The third-order valence-electron chi connectivity index (χ3n) is 2.34. The second kappa shape index (κ2) is 3.43. The van der Waals surface area contributed by atoms with Gasteiger partial charge in [-0.05, 0) is 34.5 Å². The normalized spacial score (nSPS) is 19.5. The molecule has 1 aliphatic heterocycles. The van der Waals surface area contributed by atoms with E-state index in [0.29, 0.717) is 20.5 Å². The predicted molar refractivity (Wildman–Crippen MR) is 63.0 cm³/mol. The summed E-state index contributed by atoms with van der Waals surface area (Å²) in [6.45, 7) is 1.78. The molecule has 3 nitrogen and oxygen atoms in total. The van der Waals surface area contributed by atoms with Crippen molar-refractivity contribution in [2.75, 3.05) is 0 Å². The van der Waals surface area contributed by atoms with Gasteiger partial charge < -0.3 is 5.73 Å². The average molecular weight is 288 g/mol. The van der Waals surface area contributed by atoms with Crippen LogP contribution in [0, 0.1) is 0 Å². The predicted octanol–water partition coefficient (Wildman–Crippen LogP) is 1.92. The van der Waals surface area contributed by atoms with E-state index in [-0.39, 0.29) is 6.04 Å². The largest absolute Gasteiger partial charge is 0.324 e. The molecule has 0 bridgehead atoms. The van der Waals surface area contributed by atoms with Gasteiger partial charge in [-0.15, -0.1) is 0 Å². The quantitative estimate of drug-likeness (QED) is 0.859. The summed E-state index contributed by atoms with van der Waals surface area (Å²) in [6, 6.07) is 5.02. The third kappa shape index (κ3) is 1.64. The smallest absolute Gasteiger partial charge is 0.201 e. The van der Waals surface area contributed by atoms with Gasteiger partial charge in [-0.1, -0.05) is 12.1 Å². The van der Waals surface area contributed by atoms with Crippen molar-refractivity contribution in [2.45, 2.75) is 17.9 Å². The maximum atomic E-state index is 11.8. The van der Waals surface area contributed by atoms with Gasteiger partial charge in [-0.3, -0.25) is 0 Å². The van der Waals surface area contributed by atoms with Gasteiger partial charge in [0.1, 0.15) is 0 Å². The van der Waals surface area contributed by atoms with E-state index in [2.05, 4.69) is 15.9 Å². The molecule has 1 aliphatic rings. The van der Waals surface area contributed by atoms with Gasteiger partial charge in [0.2, 0.25) is 9.84 Å². The van der Waals surface area contributed by atoms with E-state index < -0.39 is 9.84 Å². The lowest BCUT2D eigenvalue weighted by molar-refractivity contribution is 0.605. The van der Waals surface area contributed by atoms with E-state index in [1.807, 2.05) is 0 Å². The molecule has 1 aromatic rings. The fourth-order valence-electron chi connectivity index (χ4n) is 1.67. The molecule has 2 rings (SSSR count). The summed E-state index contributed by atoms with van der Waals surface area (Å²) in [4.78, 5) is 0.331. The molecular weight excluding hydrogens is 278 g/mol. The van der Waals surface area contributed by atoms with Crippen LogP contribution in [-0.2, 0) is 9.84 Å². The molecule has 1 aromatic carbocycles. The first-order valence-electron chi connectivity index (χ1n) is 4.44. The number of fused-ring (bicyclic) bond motifs is 1. The lowest BCUT2D eigenvalue weighted by Crippen LogP contribution is -2.15. The number of benzene rings is 1. The zero-order valence-corrected chi connectivity index (χ0v) is 10.5. The Bertz CT molecular complexity index is 547. The van der Waals surface area contributed by atoms with E-state index in [0.717, 1.165) is 0 Å². The van der Waals surface area contributed by atoms with Crippen LogP contribution in [0.4, 0.5) is 0 Å². The van der Waals surface area contributed by atoms with Crippen LogP contribution < -0.4 is 5.73 Å². The third-order valence-corrected chi connectivity index (χ3v) is 4.83. The van der Waals surface area contributed by atoms with Gasteiger partial charge in [-0.2, -0.15) is 0 Å². The molecule has 1 heterocycles. The number of hydrogen-bond donors (Lipinski definition) is 1. The number of halogens is 1. The van der Waals surface area contributed by atoms with Crippen LogP contribution in [0.5, 0.6) is 0 Å². The molecule has 0 aromatic heterocycles. The molecule has 5 heteroatoms. The molecule has 1 atom stereocenters. The Hall–Kier alpha value is -0.650. The molecule has 0 aliphatic carbocycles. The molecule has 2 N–H and O–H groups in total. The van der Waals surface area contributed by atoms with Crippen LogP contribution in [0.15, 0.2) is 33.0 Å². The van der Waals surface area contributed by atoms with Gasteiger partial charge in [0, 0.05) is 21.5 Å². The minimum atomic E-state index is -3.32. The minimum Gasteiger partial charge on any atom is -0.324 e. The summed E-state index contributed by atoms with van der Waals surface area (Å²) in [5, 5.41) is 1.26. The van der Waals surface area contributed by atoms with E-state index in [4.69, 9.17) is 5.73 Å². The molecule has 0 fully saturated rings. The second-order valence-corrected chi connectivity index (χ2v) is 6.11. The molecule has 15 heavy (non-hydrogen) atoms. The summed E-state index contributed by atoms with van der Waals surface area (Å²) in [5.74, 6) is 0. The van der Waals surface area contributed by atoms with Crippen LogP contribution in [0.25, 0.3) is 5.57 Å². The minimum absolute atomic E-state index is 0.282. The molecule has 0 spiro atoms. The van der Waals surface area contributed by atoms with E-state index >= 15 is 0 Å². The van der Waals surface area contributed by atoms with Crippen LogP contribution >= 0.6 is 15.9 Å². The highest BCUT2D eigenvalue weighted by Gasteiger charge is 2.30. The Morgan fingerprint density at radius 2 is 2.07 bits per heavy atom. The maximum Gasteiger partial charge on any atom is 0.201 e. The van der Waals surface area contributed by atoms with Crippen molar-refractivity contribution in [2.24, 2.45) is 5.73 Å². The molecule has 0 saturated carbocycles. The molecule has 0 radical (unpaired) electrons. The zero-order valence-electron chi connectivity index (χ0n) is 8.07. The standard InChI is InChI=1S/C10H10BrNO2S/c1-6(12)8-5-15(13,14)10-7(8)3-2-4-9(10)11/h2-6H,12H2,1H3. The topological polar surface area (TPSA) is 60.2 Å². The Morgan fingerprint density at radius 3 is 2.67 bits per heavy atom. The fourth-order valence-corrected chi connectivity index (χ4v) is 4.34. The first kappa shape index (κ1) is 10.9. The summed E-state index contributed by atoms with van der Waals surface area (Å²) in [5.41, 5.74) is 7.12. The number of nitrogens with two attached hydrogens (primary N) is 1. The highest BCUT2D eigenvalue weighted by atomic mass is 79.9. The van der Waals surface area contributed by atoms with Crippen LogP contribution in [0.1, 0.15) is 12.5 Å². The van der Waals surface area contributed by atoms with E-state index in [1.165, 1.54) is 5.41 Å². The number of rotatable bonds is 1. The first-order chi connectivity index (χ1) is 6.93. The van der Waals surface area contributed by atoms with Crippen molar-refractivity contribution >= 4 is 31.3 Å². The molecule has 0 amide bonds. The summed E-state index contributed by atoms with van der Waals surface area (Å²) in [7, 11) is -3.32. The molecule has 0 saturated heterocycles. The summed E-state index contributed by atoms with van der Waals surface area (Å²) < 4.78 is 24.2. The Balaban J connectivity index is 2.79. The monoisotopic (exact) mass is 287 g/mol. The molecule has 80 valence electrons. The average Bonchev–Trinajstić information content (AvgIpc) is 2.39. The lowest BCUT2D eigenvalue weighted by Gasteiger charge is -2.08. The highest BCUT2D eigenvalue weighted by molar-refractivity contribution is 9.10. The van der Waals surface area contributed by atoms with Crippen molar-refractivity contribution in [1.29, 1.82) is 0 Å². The highest BCUT2D eigenvalue weighted by Crippen LogP contribution is 2.38. The van der Waals surface area contributed by atoms with Gasteiger partial charge in [-0.25, -0.2) is 8.42 Å². The second-order valence-electron chi connectivity index (χ2n) is 3.52. The van der Waals surface area contributed by atoms with Crippen molar-refractivity contribution in [1.82, 2.24) is 0 Å². The Morgan fingerprint density at radius 1 is 1.40 bits per heavy atom. The van der Waals surface area contributed by atoms with Crippen LogP contribution in [0.2, 0.25) is 0 Å². The van der Waals surface area contributed by atoms with Gasteiger partial charge in [0.25, 0.3) is 0 Å². The number of hydrogen-bond acceptors (Lipinski definition) is 3. The summed E-state index contributed by atoms with van der Waals surface area (Å²) >= 11 is 3.25. The van der Waals surface area contributed by atoms with Gasteiger partial charge in [0.05, 0.1) is 4.90 Å². The fraction of sp³-hybridized carbons (Fsp3) is 0.200.